The summed E-state index contributed by atoms with van der Waals surface area (Å²) < 4.78 is 14.4. The Kier molecular flexibility index (Phi) is 3.83. The smallest absolute Gasteiger partial charge is 0.126 e. The fraction of sp³-hybridized carbons (Fsp3) is 0.200. The van der Waals surface area contributed by atoms with Crippen LogP contribution in [0.3, 0.4) is 0 Å². The summed E-state index contributed by atoms with van der Waals surface area (Å²) in [5, 5.41) is 10.3. The van der Waals surface area contributed by atoms with Crippen LogP contribution in [0.15, 0.2) is 40.9 Å². The van der Waals surface area contributed by atoms with Gasteiger partial charge >= 0.3 is 0 Å². The second-order valence-corrected chi connectivity index (χ2v) is 5.33. The molecular weight excluding hydrogens is 295 g/mol. The number of benzene rings is 2. The molecule has 0 aromatic heterocycles. The summed E-state index contributed by atoms with van der Waals surface area (Å²) in [4.78, 5) is 0. The molecule has 0 spiro atoms. The van der Waals surface area contributed by atoms with Crippen molar-refractivity contribution in [3.05, 3.63) is 68.9 Å². The maximum Gasteiger partial charge on any atom is 0.126 e. The van der Waals surface area contributed by atoms with Gasteiger partial charge in [0, 0.05) is 4.47 Å². The lowest BCUT2D eigenvalue weighted by molar-refractivity contribution is 0.219. The van der Waals surface area contributed by atoms with Gasteiger partial charge in [0.1, 0.15) is 11.9 Å². The van der Waals surface area contributed by atoms with Crippen molar-refractivity contribution >= 4 is 15.9 Å². The first-order chi connectivity index (χ1) is 8.49. The van der Waals surface area contributed by atoms with Crippen LogP contribution in [-0.2, 0) is 0 Å². The van der Waals surface area contributed by atoms with Gasteiger partial charge < -0.3 is 5.11 Å². The Morgan fingerprint density at radius 2 is 1.72 bits per heavy atom. The molecule has 1 N–H and O–H groups in total. The quantitative estimate of drug-likeness (QED) is 0.877. The van der Waals surface area contributed by atoms with Gasteiger partial charge in [-0.1, -0.05) is 34.1 Å². The predicted molar refractivity (Wildman–Crippen MR) is 74.1 cm³/mol. The molecule has 0 saturated heterocycles. The Labute approximate surface area is 114 Å². The number of rotatable bonds is 2. The van der Waals surface area contributed by atoms with Crippen molar-refractivity contribution in [3.8, 4) is 0 Å². The average Bonchev–Trinajstić information content (AvgIpc) is 2.35. The van der Waals surface area contributed by atoms with Crippen LogP contribution in [0.4, 0.5) is 4.39 Å². The Morgan fingerprint density at radius 3 is 2.39 bits per heavy atom. The standard InChI is InChI=1S/C15H14BrFO/c1-9-4-6-12(16)8-13(9)15(18)11-5-3-10(2)14(17)7-11/h3-8,15,18H,1-2H3. The molecule has 0 amide bonds. The van der Waals surface area contributed by atoms with E-state index in [-0.39, 0.29) is 5.82 Å². The summed E-state index contributed by atoms with van der Waals surface area (Å²) >= 11 is 3.38. The van der Waals surface area contributed by atoms with Crippen LogP contribution < -0.4 is 0 Å². The van der Waals surface area contributed by atoms with Gasteiger partial charge in [-0.05, 0) is 54.3 Å². The second kappa shape index (κ2) is 5.21. The van der Waals surface area contributed by atoms with Crippen molar-refractivity contribution in [1.29, 1.82) is 0 Å². The molecular formula is C15H14BrFO. The Bertz CT molecular complexity index is 581. The maximum atomic E-state index is 13.5. The topological polar surface area (TPSA) is 20.2 Å². The van der Waals surface area contributed by atoms with Crippen LogP contribution in [0, 0.1) is 19.7 Å². The first-order valence-corrected chi connectivity index (χ1v) is 6.48. The SMILES string of the molecule is Cc1ccc(C(O)c2cc(Br)ccc2C)cc1F. The Hall–Kier alpha value is -1.19. The van der Waals surface area contributed by atoms with Crippen LogP contribution in [0.25, 0.3) is 0 Å². The molecule has 1 atom stereocenters. The minimum Gasteiger partial charge on any atom is -0.384 e. The first kappa shape index (κ1) is 13.2. The zero-order valence-electron chi connectivity index (χ0n) is 10.2. The highest BCUT2D eigenvalue weighted by atomic mass is 79.9. The minimum atomic E-state index is -0.808. The zero-order chi connectivity index (χ0) is 13.3. The van der Waals surface area contributed by atoms with Crippen LogP contribution in [0.5, 0.6) is 0 Å². The molecule has 2 rings (SSSR count). The van der Waals surface area contributed by atoms with Crippen LogP contribution in [0.1, 0.15) is 28.4 Å². The highest BCUT2D eigenvalue weighted by Gasteiger charge is 2.14. The maximum absolute atomic E-state index is 13.5. The van der Waals surface area contributed by atoms with Crippen molar-refractivity contribution in [2.45, 2.75) is 20.0 Å². The molecule has 2 aromatic carbocycles. The number of hydrogen-bond donors (Lipinski definition) is 1. The summed E-state index contributed by atoms with van der Waals surface area (Å²) in [6, 6.07) is 10.5. The lowest BCUT2D eigenvalue weighted by Gasteiger charge is -2.15. The number of aryl methyl sites for hydroxylation is 2. The van der Waals surface area contributed by atoms with Crippen molar-refractivity contribution < 1.29 is 9.50 Å². The Balaban J connectivity index is 2.44. The lowest BCUT2D eigenvalue weighted by Crippen LogP contribution is -2.03. The van der Waals surface area contributed by atoms with E-state index in [1.54, 1.807) is 19.1 Å². The third kappa shape index (κ3) is 2.62. The van der Waals surface area contributed by atoms with Gasteiger partial charge in [0.2, 0.25) is 0 Å². The first-order valence-electron chi connectivity index (χ1n) is 5.69. The number of aliphatic hydroxyl groups is 1. The monoisotopic (exact) mass is 308 g/mol. The van der Waals surface area contributed by atoms with E-state index in [1.807, 2.05) is 25.1 Å². The third-order valence-corrected chi connectivity index (χ3v) is 3.54. The molecule has 18 heavy (non-hydrogen) atoms. The lowest BCUT2D eigenvalue weighted by atomic mass is 9.97. The van der Waals surface area contributed by atoms with E-state index in [0.29, 0.717) is 11.1 Å². The molecule has 0 heterocycles. The van der Waals surface area contributed by atoms with Gasteiger partial charge in [-0.2, -0.15) is 0 Å². The van der Waals surface area contributed by atoms with Crippen LogP contribution in [-0.4, -0.2) is 5.11 Å². The van der Waals surface area contributed by atoms with Gasteiger partial charge in [-0.15, -0.1) is 0 Å². The van der Waals surface area contributed by atoms with Gasteiger partial charge in [-0.25, -0.2) is 4.39 Å². The normalized spacial score (nSPS) is 12.5. The van der Waals surface area contributed by atoms with Crippen LogP contribution >= 0.6 is 15.9 Å². The van der Waals surface area contributed by atoms with Gasteiger partial charge in [-0.3, -0.25) is 0 Å². The summed E-state index contributed by atoms with van der Waals surface area (Å²) in [6.45, 7) is 3.63. The van der Waals surface area contributed by atoms with Crippen LogP contribution in [0.2, 0.25) is 0 Å². The third-order valence-electron chi connectivity index (χ3n) is 3.05. The molecule has 0 aliphatic carbocycles. The average molecular weight is 309 g/mol. The molecule has 1 nitrogen and oxygen atoms in total. The molecule has 2 aromatic rings. The van der Waals surface area contributed by atoms with E-state index in [0.717, 1.165) is 15.6 Å². The van der Waals surface area contributed by atoms with E-state index in [2.05, 4.69) is 15.9 Å². The van der Waals surface area contributed by atoms with E-state index in [1.165, 1.54) is 6.07 Å². The molecule has 1 unspecified atom stereocenters. The van der Waals surface area contributed by atoms with E-state index in [9.17, 15) is 9.50 Å². The molecule has 3 heteroatoms. The summed E-state index contributed by atoms with van der Waals surface area (Å²) in [7, 11) is 0. The van der Waals surface area contributed by atoms with Crippen molar-refractivity contribution in [2.24, 2.45) is 0 Å². The van der Waals surface area contributed by atoms with E-state index in [4.69, 9.17) is 0 Å². The molecule has 0 bridgehead atoms. The second-order valence-electron chi connectivity index (χ2n) is 4.41. The van der Waals surface area contributed by atoms with Crippen molar-refractivity contribution in [3.63, 3.8) is 0 Å². The fourth-order valence-electron chi connectivity index (χ4n) is 1.86. The summed E-state index contributed by atoms with van der Waals surface area (Å²) in [6.07, 6.45) is -0.808. The van der Waals surface area contributed by atoms with E-state index < -0.39 is 6.10 Å². The molecule has 0 radical (unpaired) electrons. The molecule has 0 aliphatic rings. The number of halogens is 2. The fourth-order valence-corrected chi connectivity index (χ4v) is 2.24. The van der Waals surface area contributed by atoms with E-state index >= 15 is 0 Å². The van der Waals surface area contributed by atoms with Crippen molar-refractivity contribution in [1.82, 2.24) is 0 Å². The summed E-state index contributed by atoms with van der Waals surface area (Å²) in [5.41, 5.74) is 2.91. The number of aliphatic hydroxyl groups excluding tert-OH is 1. The van der Waals surface area contributed by atoms with Gasteiger partial charge in [0.05, 0.1) is 0 Å². The molecule has 0 aliphatic heterocycles. The van der Waals surface area contributed by atoms with Crippen molar-refractivity contribution in [2.75, 3.05) is 0 Å². The largest absolute Gasteiger partial charge is 0.384 e. The molecule has 0 fully saturated rings. The predicted octanol–water partition coefficient (Wildman–Crippen LogP) is 4.29. The highest BCUT2D eigenvalue weighted by Crippen LogP contribution is 2.28. The Morgan fingerprint density at radius 1 is 1.06 bits per heavy atom. The minimum absolute atomic E-state index is 0.292. The highest BCUT2D eigenvalue weighted by molar-refractivity contribution is 9.10. The number of hydrogen-bond acceptors (Lipinski definition) is 1. The molecule has 0 saturated carbocycles. The molecule has 94 valence electrons. The van der Waals surface area contributed by atoms with Gasteiger partial charge in [0.15, 0.2) is 0 Å². The summed E-state index contributed by atoms with van der Waals surface area (Å²) in [5.74, 6) is -0.292. The van der Waals surface area contributed by atoms with Gasteiger partial charge in [0.25, 0.3) is 0 Å². The zero-order valence-corrected chi connectivity index (χ0v) is 11.8.